The van der Waals surface area contributed by atoms with Crippen LogP contribution < -0.4 is 5.32 Å². The zero-order valence-corrected chi connectivity index (χ0v) is 15.7. The van der Waals surface area contributed by atoms with Crippen LogP contribution in [-0.2, 0) is 0 Å². The molecule has 1 aliphatic rings. The van der Waals surface area contributed by atoms with Crippen LogP contribution in [0.4, 0.5) is 5.82 Å². The maximum absolute atomic E-state index is 4.95. The molecule has 3 nitrogen and oxygen atoms in total. The number of nitrogens with one attached hydrogen (secondary N) is 1. The van der Waals surface area contributed by atoms with Gasteiger partial charge in [-0.2, -0.15) is 0 Å². The second-order valence-corrected chi connectivity index (χ2v) is 7.46. The minimum atomic E-state index is 0.549. The fraction of sp³-hybridized carbons (Fsp3) is 0.348. The number of rotatable bonds is 4. The van der Waals surface area contributed by atoms with E-state index in [-0.39, 0.29) is 0 Å². The highest BCUT2D eigenvalue weighted by molar-refractivity contribution is 5.84. The first-order chi connectivity index (χ1) is 12.7. The zero-order chi connectivity index (χ0) is 17.9. The van der Waals surface area contributed by atoms with E-state index in [1.54, 1.807) is 0 Å². The summed E-state index contributed by atoms with van der Waals surface area (Å²) in [5, 5.41) is 3.83. The summed E-state index contributed by atoms with van der Waals surface area (Å²) in [5.74, 6) is 1.14. The maximum Gasteiger partial charge on any atom is 0.139 e. The molecule has 0 aliphatic heterocycles. The first-order valence-electron chi connectivity index (χ1n) is 9.70. The maximum atomic E-state index is 4.95. The molecule has 1 aromatic carbocycles. The summed E-state index contributed by atoms with van der Waals surface area (Å²) in [6.45, 7) is 4.30. The van der Waals surface area contributed by atoms with E-state index in [0.717, 1.165) is 17.2 Å². The number of imidazole rings is 1. The molecule has 2 heterocycles. The van der Waals surface area contributed by atoms with E-state index < -0.39 is 0 Å². The Labute approximate surface area is 155 Å². The summed E-state index contributed by atoms with van der Waals surface area (Å²) in [4.78, 5) is 4.95. The van der Waals surface area contributed by atoms with Gasteiger partial charge in [0, 0.05) is 12.2 Å². The van der Waals surface area contributed by atoms with Gasteiger partial charge in [0.2, 0.25) is 0 Å². The highest BCUT2D eigenvalue weighted by atomic mass is 15.1. The van der Waals surface area contributed by atoms with Crippen LogP contribution in [0.3, 0.4) is 0 Å². The zero-order valence-electron chi connectivity index (χ0n) is 15.7. The van der Waals surface area contributed by atoms with E-state index >= 15 is 0 Å². The Bertz CT molecular complexity index is 915. The average molecular weight is 345 g/mol. The lowest BCUT2D eigenvalue weighted by atomic mass is 9.95. The highest BCUT2D eigenvalue weighted by Crippen LogP contribution is 2.30. The van der Waals surface area contributed by atoms with Gasteiger partial charge in [0.15, 0.2) is 0 Å². The Morgan fingerprint density at radius 3 is 2.62 bits per heavy atom. The fourth-order valence-electron chi connectivity index (χ4n) is 3.87. The molecule has 26 heavy (non-hydrogen) atoms. The quantitative estimate of drug-likeness (QED) is 0.633. The Morgan fingerprint density at radius 1 is 1.08 bits per heavy atom. The number of pyridine rings is 1. The second kappa shape index (κ2) is 7.36. The highest BCUT2D eigenvalue weighted by Gasteiger charge is 2.19. The van der Waals surface area contributed by atoms with Crippen molar-refractivity contribution < 1.29 is 0 Å². The third-order valence-corrected chi connectivity index (χ3v) is 5.27. The summed E-state index contributed by atoms with van der Waals surface area (Å²) in [6, 6.07) is 15.3. The van der Waals surface area contributed by atoms with Crippen molar-refractivity contribution in [2.75, 3.05) is 5.32 Å². The van der Waals surface area contributed by atoms with Crippen molar-refractivity contribution in [3.8, 4) is 0 Å². The summed E-state index contributed by atoms with van der Waals surface area (Å²) in [5.41, 5.74) is 5.71. The summed E-state index contributed by atoms with van der Waals surface area (Å²) in [6.07, 6.45) is 10.9. The normalized spacial score (nSPS) is 16.2. The Morgan fingerprint density at radius 2 is 1.85 bits per heavy atom. The number of anilines is 1. The van der Waals surface area contributed by atoms with Crippen molar-refractivity contribution in [3.63, 3.8) is 0 Å². The summed E-state index contributed by atoms with van der Waals surface area (Å²) < 4.78 is 2.22. The molecule has 1 saturated carbocycles. The van der Waals surface area contributed by atoms with Gasteiger partial charge in [0.25, 0.3) is 0 Å². The summed E-state index contributed by atoms with van der Waals surface area (Å²) in [7, 11) is 0. The van der Waals surface area contributed by atoms with Gasteiger partial charge in [-0.25, -0.2) is 4.98 Å². The van der Waals surface area contributed by atoms with Crippen LogP contribution in [0.15, 0.2) is 48.7 Å². The van der Waals surface area contributed by atoms with Gasteiger partial charge in [-0.05, 0) is 55.5 Å². The molecule has 2 aromatic heterocycles. The predicted molar refractivity (Wildman–Crippen MR) is 110 cm³/mol. The topological polar surface area (TPSA) is 29.3 Å². The molecule has 1 aliphatic carbocycles. The SMILES string of the molecule is CC(=Cc1ccccc1)c1nc2ccc(C)cn2c1NC1CCCCC1. The lowest BCUT2D eigenvalue weighted by Gasteiger charge is -2.24. The van der Waals surface area contributed by atoms with Crippen LogP contribution in [0.1, 0.15) is 55.8 Å². The summed E-state index contributed by atoms with van der Waals surface area (Å²) >= 11 is 0. The van der Waals surface area contributed by atoms with Gasteiger partial charge >= 0.3 is 0 Å². The molecule has 0 atom stereocenters. The Hall–Kier alpha value is -2.55. The Balaban J connectivity index is 1.77. The fourth-order valence-corrected chi connectivity index (χ4v) is 3.87. The third kappa shape index (κ3) is 3.52. The van der Waals surface area contributed by atoms with Gasteiger partial charge in [-0.3, -0.25) is 4.40 Å². The molecule has 4 rings (SSSR count). The minimum absolute atomic E-state index is 0.549. The number of hydrogen-bond acceptors (Lipinski definition) is 2. The van der Waals surface area contributed by atoms with Crippen molar-refractivity contribution in [2.45, 2.75) is 52.0 Å². The van der Waals surface area contributed by atoms with Crippen molar-refractivity contribution in [1.82, 2.24) is 9.38 Å². The number of aryl methyl sites for hydroxylation is 1. The lowest BCUT2D eigenvalue weighted by molar-refractivity contribution is 0.461. The molecule has 0 radical (unpaired) electrons. The van der Waals surface area contributed by atoms with Gasteiger partial charge < -0.3 is 5.32 Å². The Kier molecular flexibility index (Phi) is 4.79. The third-order valence-electron chi connectivity index (χ3n) is 5.27. The van der Waals surface area contributed by atoms with Crippen LogP contribution in [-0.4, -0.2) is 15.4 Å². The largest absolute Gasteiger partial charge is 0.367 e. The molecule has 0 amide bonds. The van der Waals surface area contributed by atoms with Crippen molar-refractivity contribution in [1.29, 1.82) is 0 Å². The van der Waals surface area contributed by atoms with Crippen LogP contribution in [0.2, 0.25) is 0 Å². The number of nitrogens with zero attached hydrogens (tertiary/aromatic N) is 2. The van der Waals surface area contributed by atoms with Crippen LogP contribution in [0.25, 0.3) is 17.3 Å². The van der Waals surface area contributed by atoms with Gasteiger partial charge in [0.1, 0.15) is 17.2 Å². The number of benzene rings is 1. The van der Waals surface area contributed by atoms with Crippen molar-refractivity contribution in [3.05, 3.63) is 65.5 Å². The van der Waals surface area contributed by atoms with Crippen molar-refractivity contribution >= 4 is 23.1 Å². The number of hydrogen-bond donors (Lipinski definition) is 1. The standard InChI is InChI=1S/C23H27N3/c1-17-13-14-21-25-22(18(2)15-19-9-5-3-6-10-19)23(26(21)16-17)24-20-11-7-4-8-12-20/h3,5-6,9-10,13-16,20,24H,4,7-8,11-12H2,1-2H3. The van der Waals surface area contributed by atoms with E-state index in [1.165, 1.54) is 48.8 Å². The van der Waals surface area contributed by atoms with E-state index in [4.69, 9.17) is 4.98 Å². The second-order valence-electron chi connectivity index (χ2n) is 7.46. The number of fused-ring (bicyclic) bond motifs is 1. The molecule has 134 valence electrons. The van der Waals surface area contributed by atoms with Gasteiger partial charge in [0.05, 0.1) is 0 Å². The molecule has 3 aromatic rings. The minimum Gasteiger partial charge on any atom is -0.367 e. The molecular formula is C23H27N3. The first-order valence-corrected chi connectivity index (χ1v) is 9.70. The van der Waals surface area contributed by atoms with E-state index in [0.29, 0.717) is 6.04 Å². The van der Waals surface area contributed by atoms with Gasteiger partial charge in [-0.1, -0.05) is 55.7 Å². The molecular weight excluding hydrogens is 318 g/mol. The molecule has 3 heteroatoms. The molecule has 0 bridgehead atoms. The molecule has 0 saturated heterocycles. The predicted octanol–water partition coefficient (Wildman–Crippen LogP) is 5.95. The average Bonchev–Trinajstić information content (AvgIpc) is 3.01. The smallest absolute Gasteiger partial charge is 0.139 e. The lowest BCUT2D eigenvalue weighted by Crippen LogP contribution is -2.23. The van der Waals surface area contributed by atoms with E-state index in [9.17, 15) is 0 Å². The molecule has 1 N–H and O–H groups in total. The van der Waals surface area contributed by atoms with Crippen LogP contribution >= 0.6 is 0 Å². The molecule has 1 fully saturated rings. The van der Waals surface area contributed by atoms with E-state index in [1.807, 2.05) is 0 Å². The van der Waals surface area contributed by atoms with Crippen LogP contribution in [0.5, 0.6) is 0 Å². The van der Waals surface area contributed by atoms with Gasteiger partial charge in [-0.15, -0.1) is 0 Å². The molecule has 0 unspecified atom stereocenters. The van der Waals surface area contributed by atoms with Crippen LogP contribution in [0, 0.1) is 6.92 Å². The first kappa shape index (κ1) is 16.9. The number of allylic oxidation sites excluding steroid dienone is 1. The monoisotopic (exact) mass is 345 g/mol. The molecule has 0 spiro atoms. The van der Waals surface area contributed by atoms with Crippen molar-refractivity contribution in [2.24, 2.45) is 0 Å². The van der Waals surface area contributed by atoms with E-state index in [2.05, 4.69) is 78.3 Å². The number of aromatic nitrogens is 2.